The van der Waals surface area contributed by atoms with Crippen LogP contribution < -0.4 is 5.32 Å². The number of hydrogen-bond donors (Lipinski definition) is 1. The average molecular weight is 286 g/mol. The van der Waals surface area contributed by atoms with Crippen LogP contribution in [0.3, 0.4) is 0 Å². The highest BCUT2D eigenvalue weighted by atomic mass is 35.5. The summed E-state index contributed by atoms with van der Waals surface area (Å²) in [5, 5.41) is 7.19. The van der Waals surface area contributed by atoms with Crippen LogP contribution in [-0.4, -0.2) is 9.78 Å². The Morgan fingerprint density at radius 2 is 2.05 bits per heavy atom. The van der Waals surface area contributed by atoms with Crippen LogP contribution in [0.5, 0.6) is 0 Å². The lowest BCUT2D eigenvalue weighted by molar-refractivity contribution is 0.584. The molecular weight excluding hydrogens is 272 g/mol. The number of halogens is 3. The van der Waals surface area contributed by atoms with Crippen LogP contribution in [0, 0.1) is 18.6 Å². The van der Waals surface area contributed by atoms with Crippen LogP contribution in [0.25, 0.3) is 0 Å². The predicted molar refractivity (Wildman–Crippen MR) is 71.4 cm³/mol. The second-order valence-corrected chi connectivity index (χ2v) is 4.86. The van der Waals surface area contributed by atoms with Crippen molar-refractivity contribution in [1.82, 2.24) is 9.78 Å². The summed E-state index contributed by atoms with van der Waals surface area (Å²) < 4.78 is 28.3. The van der Waals surface area contributed by atoms with E-state index in [0.29, 0.717) is 0 Å². The number of benzene rings is 1. The van der Waals surface area contributed by atoms with Gasteiger partial charge in [-0.25, -0.2) is 8.78 Å². The zero-order valence-corrected chi connectivity index (χ0v) is 11.6. The van der Waals surface area contributed by atoms with Crippen molar-refractivity contribution >= 4 is 17.3 Å². The van der Waals surface area contributed by atoms with Crippen molar-refractivity contribution in [3.8, 4) is 0 Å². The Labute approximate surface area is 115 Å². The number of rotatable bonds is 3. The van der Waals surface area contributed by atoms with E-state index in [4.69, 9.17) is 11.6 Å². The molecule has 1 atom stereocenters. The van der Waals surface area contributed by atoms with Crippen LogP contribution in [0.15, 0.2) is 18.3 Å². The average Bonchev–Trinajstić information content (AvgIpc) is 2.62. The number of aryl methyl sites for hydroxylation is 2. The highest BCUT2D eigenvalue weighted by Gasteiger charge is 2.16. The molecule has 0 aliphatic carbocycles. The summed E-state index contributed by atoms with van der Waals surface area (Å²) in [6.45, 7) is 3.74. The van der Waals surface area contributed by atoms with E-state index in [0.717, 1.165) is 23.4 Å². The van der Waals surface area contributed by atoms with E-state index in [1.54, 1.807) is 4.68 Å². The molecule has 6 heteroatoms. The van der Waals surface area contributed by atoms with E-state index in [1.165, 1.54) is 0 Å². The Kier molecular flexibility index (Phi) is 3.75. The number of nitrogens with zero attached hydrogens (tertiary/aromatic N) is 2. The van der Waals surface area contributed by atoms with Crippen LogP contribution in [0.2, 0.25) is 5.02 Å². The predicted octanol–water partition coefficient (Wildman–Crippen LogP) is 3.83. The minimum absolute atomic E-state index is 0.0193. The molecule has 1 aromatic heterocycles. The Morgan fingerprint density at radius 1 is 1.37 bits per heavy atom. The van der Waals surface area contributed by atoms with Gasteiger partial charge in [-0.2, -0.15) is 5.10 Å². The first-order valence-electron chi connectivity index (χ1n) is 5.79. The largest absolute Gasteiger partial charge is 0.375 e. The quantitative estimate of drug-likeness (QED) is 0.929. The van der Waals surface area contributed by atoms with Gasteiger partial charge in [0.2, 0.25) is 0 Å². The number of aromatic nitrogens is 2. The maximum absolute atomic E-state index is 13.7. The Bertz CT molecular complexity index is 587. The van der Waals surface area contributed by atoms with Crippen molar-refractivity contribution in [1.29, 1.82) is 0 Å². The highest BCUT2D eigenvalue weighted by molar-refractivity contribution is 6.33. The third kappa shape index (κ3) is 2.87. The van der Waals surface area contributed by atoms with E-state index in [-0.39, 0.29) is 16.8 Å². The van der Waals surface area contributed by atoms with Crippen molar-refractivity contribution in [2.45, 2.75) is 19.9 Å². The number of hydrogen-bond acceptors (Lipinski definition) is 2. The van der Waals surface area contributed by atoms with Crippen molar-refractivity contribution in [2.24, 2.45) is 7.05 Å². The molecule has 0 saturated carbocycles. The van der Waals surface area contributed by atoms with Gasteiger partial charge in [0, 0.05) is 24.9 Å². The monoisotopic (exact) mass is 285 g/mol. The van der Waals surface area contributed by atoms with Crippen LogP contribution in [0.4, 0.5) is 14.5 Å². The molecule has 0 saturated heterocycles. The number of anilines is 1. The van der Waals surface area contributed by atoms with E-state index in [2.05, 4.69) is 10.4 Å². The summed E-state index contributed by atoms with van der Waals surface area (Å²) >= 11 is 5.85. The summed E-state index contributed by atoms with van der Waals surface area (Å²) in [4.78, 5) is 0. The Balaban J connectivity index is 2.29. The second-order valence-electron chi connectivity index (χ2n) is 4.45. The number of nitrogens with one attached hydrogen (secondary N) is 1. The molecule has 0 amide bonds. The van der Waals surface area contributed by atoms with Crippen molar-refractivity contribution < 1.29 is 8.78 Å². The molecule has 1 N–H and O–H groups in total. The van der Waals surface area contributed by atoms with Gasteiger partial charge >= 0.3 is 0 Å². The van der Waals surface area contributed by atoms with Gasteiger partial charge in [-0.05, 0) is 19.9 Å². The van der Waals surface area contributed by atoms with Gasteiger partial charge in [-0.3, -0.25) is 4.68 Å². The van der Waals surface area contributed by atoms with Crippen molar-refractivity contribution in [3.63, 3.8) is 0 Å². The summed E-state index contributed by atoms with van der Waals surface area (Å²) in [6, 6.07) is 1.69. The van der Waals surface area contributed by atoms with Crippen LogP contribution >= 0.6 is 11.6 Å². The van der Waals surface area contributed by atoms with Gasteiger partial charge in [0.05, 0.1) is 22.4 Å². The smallest absolute Gasteiger partial charge is 0.150 e. The summed E-state index contributed by atoms with van der Waals surface area (Å²) in [5.41, 5.74) is 1.88. The topological polar surface area (TPSA) is 29.9 Å². The molecule has 3 nitrogen and oxygen atoms in total. The second kappa shape index (κ2) is 5.17. The fraction of sp³-hybridized carbons (Fsp3) is 0.308. The minimum Gasteiger partial charge on any atom is -0.375 e. The molecular formula is C13H14ClF2N3. The van der Waals surface area contributed by atoms with Gasteiger partial charge in [0.1, 0.15) is 5.82 Å². The maximum Gasteiger partial charge on any atom is 0.150 e. The van der Waals surface area contributed by atoms with Gasteiger partial charge in [0.25, 0.3) is 0 Å². The molecule has 102 valence electrons. The minimum atomic E-state index is -0.710. The van der Waals surface area contributed by atoms with E-state index >= 15 is 0 Å². The first-order chi connectivity index (χ1) is 8.88. The van der Waals surface area contributed by atoms with E-state index in [9.17, 15) is 8.78 Å². The van der Waals surface area contributed by atoms with Crippen LogP contribution in [0.1, 0.15) is 24.2 Å². The first kappa shape index (κ1) is 13.8. The highest BCUT2D eigenvalue weighted by Crippen LogP contribution is 2.30. The first-order valence-corrected chi connectivity index (χ1v) is 6.17. The molecule has 2 rings (SSSR count). The van der Waals surface area contributed by atoms with Crippen molar-refractivity contribution in [3.05, 3.63) is 46.2 Å². The Hall–Kier alpha value is -1.62. The van der Waals surface area contributed by atoms with Crippen LogP contribution in [-0.2, 0) is 7.05 Å². The lowest BCUT2D eigenvalue weighted by Gasteiger charge is -2.16. The molecule has 1 heterocycles. The summed E-state index contributed by atoms with van der Waals surface area (Å²) in [6.07, 6.45) is 1.85. The molecule has 0 radical (unpaired) electrons. The Morgan fingerprint density at radius 3 is 2.58 bits per heavy atom. The normalized spacial score (nSPS) is 12.5. The third-order valence-corrected chi connectivity index (χ3v) is 3.18. The summed E-state index contributed by atoms with van der Waals surface area (Å²) in [5.74, 6) is -1.41. The SMILES string of the molecule is Cc1nn(C)cc1C(C)Nc1c(F)cc(F)cc1Cl. The molecule has 19 heavy (non-hydrogen) atoms. The van der Waals surface area contributed by atoms with Gasteiger partial charge < -0.3 is 5.32 Å². The fourth-order valence-electron chi connectivity index (χ4n) is 2.02. The maximum atomic E-state index is 13.7. The van der Waals surface area contributed by atoms with Gasteiger partial charge in [-0.1, -0.05) is 11.6 Å². The molecule has 0 bridgehead atoms. The molecule has 1 unspecified atom stereocenters. The van der Waals surface area contributed by atoms with Crippen molar-refractivity contribution in [2.75, 3.05) is 5.32 Å². The molecule has 0 aliphatic heterocycles. The molecule has 0 aliphatic rings. The van der Waals surface area contributed by atoms with Gasteiger partial charge in [0.15, 0.2) is 5.82 Å². The fourth-order valence-corrected chi connectivity index (χ4v) is 2.27. The lowest BCUT2D eigenvalue weighted by Crippen LogP contribution is -2.09. The lowest BCUT2D eigenvalue weighted by atomic mass is 10.1. The molecule has 0 spiro atoms. The molecule has 0 fully saturated rings. The summed E-state index contributed by atoms with van der Waals surface area (Å²) in [7, 11) is 1.81. The van der Waals surface area contributed by atoms with E-state index < -0.39 is 11.6 Å². The standard InChI is InChI=1S/C13H14ClF2N3/c1-7(10-6-19(3)18-8(10)2)17-13-11(14)4-9(15)5-12(13)16/h4-7,17H,1-3H3. The van der Waals surface area contributed by atoms with E-state index in [1.807, 2.05) is 27.1 Å². The molecule has 1 aromatic carbocycles. The van der Waals surface area contributed by atoms with Gasteiger partial charge in [-0.15, -0.1) is 0 Å². The zero-order valence-electron chi connectivity index (χ0n) is 10.8. The molecule has 2 aromatic rings. The zero-order chi connectivity index (χ0) is 14.2. The third-order valence-electron chi connectivity index (χ3n) is 2.89.